The highest BCUT2D eigenvalue weighted by atomic mass is 16.7. The van der Waals surface area contributed by atoms with Crippen LogP contribution in [0.25, 0.3) is 0 Å². The summed E-state index contributed by atoms with van der Waals surface area (Å²) in [6.45, 7) is 8.45. The maximum Gasteiger partial charge on any atom is 0.311 e. The Hall–Kier alpha value is -1.06. The molecule has 0 saturated heterocycles. The van der Waals surface area contributed by atoms with Crippen LogP contribution in [0.15, 0.2) is 0 Å². The molecular formula is C10H18O4. The molecule has 0 aliphatic rings. The Morgan fingerprint density at radius 2 is 1.50 bits per heavy atom. The normalized spacial score (nSPS) is 14.7. The topological polar surface area (TPSA) is 52.6 Å². The molecule has 4 nitrogen and oxygen atoms in total. The van der Waals surface area contributed by atoms with Gasteiger partial charge < -0.3 is 9.47 Å². The number of carbonyl (C=O) groups is 2. The van der Waals surface area contributed by atoms with Crippen LogP contribution in [0.4, 0.5) is 0 Å². The molecule has 82 valence electrons. The maximum atomic E-state index is 11.4. The average molecular weight is 202 g/mol. The van der Waals surface area contributed by atoms with E-state index >= 15 is 0 Å². The third kappa shape index (κ3) is 4.84. The Morgan fingerprint density at radius 3 is 1.86 bits per heavy atom. The monoisotopic (exact) mass is 202 g/mol. The van der Waals surface area contributed by atoms with Gasteiger partial charge in [-0.3, -0.25) is 9.59 Å². The molecule has 0 aromatic rings. The van der Waals surface area contributed by atoms with Gasteiger partial charge in [0.25, 0.3) is 0 Å². The molecule has 0 radical (unpaired) electrons. The van der Waals surface area contributed by atoms with Crippen LogP contribution in [0.2, 0.25) is 0 Å². The van der Waals surface area contributed by atoms with E-state index in [1.54, 1.807) is 6.92 Å². The van der Waals surface area contributed by atoms with Gasteiger partial charge in [0, 0.05) is 13.8 Å². The average Bonchev–Trinajstić information content (AvgIpc) is 2.00. The van der Waals surface area contributed by atoms with Crippen LogP contribution in [0.1, 0.15) is 34.6 Å². The number of esters is 2. The smallest absolute Gasteiger partial charge is 0.311 e. The molecule has 14 heavy (non-hydrogen) atoms. The molecule has 0 aromatic heterocycles. The quantitative estimate of drug-likeness (QED) is 0.514. The molecule has 0 N–H and O–H groups in total. The summed E-state index contributed by atoms with van der Waals surface area (Å²) in [5, 5.41) is 0. The van der Waals surface area contributed by atoms with Crippen molar-refractivity contribution in [3.05, 3.63) is 0 Å². The van der Waals surface area contributed by atoms with Crippen LogP contribution in [-0.4, -0.2) is 18.2 Å². The molecule has 0 rings (SSSR count). The van der Waals surface area contributed by atoms with Gasteiger partial charge in [0.2, 0.25) is 6.29 Å². The molecule has 0 amide bonds. The standard InChI is InChI=1S/C10H18O4/c1-6(2)7(3)10(12)14-9(5)13-8(4)11/h6-7,9H,1-5H3. The Morgan fingerprint density at radius 1 is 1.00 bits per heavy atom. The second kappa shape index (κ2) is 5.62. The van der Waals surface area contributed by atoms with Crippen LogP contribution in [-0.2, 0) is 19.1 Å². The molecule has 0 saturated carbocycles. The molecule has 0 aliphatic carbocycles. The molecule has 0 fully saturated rings. The number of rotatable bonds is 4. The first-order chi connectivity index (χ1) is 6.34. The lowest BCUT2D eigenvalue weighted by Gasteiger charge is -2.18. The zero-order chi connectivity index (χ0) is 11.3. The molecule has 0 bridgehead atoms. The summed E-state index contributed by atoms with van der Waals surface area (Å²) in [6.07, 6.45) is -0.804. The van der Waals surface area contributed by atoms with Crippen molar-refractivity contribution in [2.45, 2.75) is 40.9 Å². The summed E-state index contributed by atoms with van der Waals surface area (Å²) in [5.74, 6) is -0.767. The van der Waals surface area contributed by atoms with Crippen molar-refractivity contribution in [1.29, 1.82) is 0 Å². The predicted octanol–water partition coefficient (Wildman–Crippen LogP) is 1.73. The molecular weight excluding hydrogens is 184 g/mol. The van der Waals surface area contributed by atoms with E-state index in [2.05, 4.69) is 4.74 Å². The second-order valence-electron chi connectivity index (χ2n) is 3.65. The number of hydrogen-bond donors (Lipinski definition) is 0. The van der Waals surface area contributed by atoms with Crippen molar-refractivity contribution in [2.75, 3.05) is 0 Å². The fourth-order valence-corrected chi connectivity index (χ4v) is 0.801. The van der Waals surface area contributed by atoms with Gasteiger partial charge in [-0.2, -0.15) is 0 Å². The van der Waals surface area contributed by atoms with Gasteiger partial charge in [-0.15, -0.1) is 0 Å². The molecule has 4 heteroatoms. The minimum absolute atomic E-state index is 0.187. The highest BCUT2D eigenvalue weighted by Crippen LogP contribution is 2.12. The van der Waals surface area contributed by atoms with E-state index in [9.17, 15) is 9.59 Å². The van der Waals surface area contributed by atoms with E-state index in [0.717, 1.165) is 0 Å². The van der Waals surface area contributed by atoms with E-state index in [1.165, 1.54) is 13.8 Å². The molecule has 2 atom stereocenters. The molecule has 0 aliphatic heterocycles. The van der Waals surface area contributed by atoms with Gasteiger partial charge >= 0.3 is 11.9 Å². The van der Waals surface area contributed by atoms with Crippen LogP contribution in [0, 0.1) is 11.8 Å². The van der Waals surface area contributed by atoms with E-state index in [1.807, 2.05) is 13.8 Å². The first-order valence-electron chi connectivity index (χ1n) is 4.72. The first-order valence-corrected chi connectivity index (χ1v) is 4.72. The lowest BCUT2D eigenvalue weighted by atomic mass is 9.99. The minimum atomic E-state index is -0.804. The summed E-state index contributed by atoms with van der Waals surface area (Å²) < 4.78 is 9.57. The zero-order valence-corrected chi connectivity index (χ0v) is 9.37. The van der Waals surface area contributed by atoms with Crippen LogP contribution >= 0.6 is 0 Å². The highest BCUT2D eigenvalue weighted by molar-refractivity contribution is 5.72. The van der Waals surface area contributed by atoms with Crippen molar-refractivity contribution in [2.24, 2.45) is 11.8 Å². The lowest BCUT2D eigenvalue weighted by molar-refractivity contribution is -0.186. The zero-order valence-electron chi connectivity index (χ0n) is 9.37. The Kier molecular flexibility index (Phi) is 5.20. The Bertz CT molecular complexity index is 210. The van der Waals surface area contributed by atoms with Crippen molar-refractivity contribution in [1.82, 2.24) is 0 Å². The van der Waals surface area contributed by atoms with Gasteiger partial charge in [0.15, 0.2) is 0 Å². The van der Waals surface area contributed by atoms with Gasteiger partial charge in [-0.25, -0.2) is 0 Å². The van der Waals surface area contributed by atoms with Crippen molar-refractivity contribution < 1.29 is 19.1 Å². The number of ether oxygens (including phenoxy) is 2. The number of carbonyl (C=O) groups excluding carboxylic acids is 2. The third-order valence-electron chi connectivity index (χ3n) is 1.99. The minimum Gasteiger partial charge on any atom is -0.426 e. The highest BCUT2D eigenvalue weighted by Gasteiger charge is 2.21. The Labute approximate surface area is 84.6 Å². The molecule has 0 aromatic carbocycles. The fourth-order valence-electron chi connectivity index (χ4n) is 0.801. The second-order valence-corrected chi connectivity index (χ2v) is 3.65. The van der Waals surface area contributed by atoms with Crippen molar-refractivity contribution in [3.63, 3.8) is 0 Å². The van der Waals surface area contributed by atoms with Gasteiger partial charge in [0.05, 0.1) is 5.92 Å². The largest absolute Gasteiger partial charge is 0.426 e. The Balaban J connectivity index is 3.99. The summed E-state index contributed by atoms with van der Waals surface area (Å²) in [5.41, 5.74) is 0. The molecule has 2 unspecified atom stereocenters. The van der Waals surface area contributed by atoms with Crippen LogP contribution < -0.4 is 0 Å². The summed E-state index contributed by atoms with van der Waals surface area (Å²) in [4.78, 5) is 21.9. The van der Waals surface area contributed by atoms with Crippen molar-refractivity contribution >= 4 is 11.9 Å². The van der Waals surface area contributed by atoms with E-state index in [0.29, 0.717) is 0 Å². The van der Waals surface area contributed by atoms with E-state index < -0.39 is 12.3 Å². The van der Waals surface area contributed by atoms with Crippen molar-refractivity contribution in [3.8, 4) is 0 Å². The third-order valence-corrected chi connectivity index (χ3v) is 1.99. The van der Waals surface area contributed by atoms with Gasteiger partial charge in [0.1, 0.15) is 0 Å². The summed E-state index contributed by atoms with van der Waals surface area (Å²) in [7, 11) is 0. The maximum absolute atomic E-state index is 11.4. The van der Waals surface area contributed by atoms with Crippen LogP contribution in [0.5, 0.6) is 0 Å². The van der Waals surface area contributed by atoms with Gasteiger partial charge in [-0.05, 0) is 5.92 Å². The van der Waals surface area contributed by atoms with Gasteiger partial charge in [-0.1, -0.05) is 20.8 Å². The SMILES string of the molecule is CC(=O)OC(C)OC(=O)C(C)C(C)C. The first kappa shape index (κ1) is 12.9. The molecule has 0 heterocycles. The van der Waals surface area contributed by atoms with E-state index in [4.69, 9.17) is 4.74 Å². The summed E-state index contributed by atoms with van der Waals surface area (Å²) in [6, 6.07) is 0. The number of hydrogen-bond acceptors (Lipinski definition) is 4. The van der Waals surface area contributed by atoms with Crippen LogP contribution in [0.3, 0.4) is 0 Å². The molecule has 0 spiro atoms. The fraction of sp³-hybridized carbons (Fsp3) is 0.800. The summed E-state index contributed by atoms with van der Waals surface area (Å²) >= 11 is 0. The predicted molar refractivity (Wildman–Crippen MR) is 51.3 cm³/mol. The lowest BCUT2D eigenvalue weighted by Crippen LogP contribution is -2.26. The van der Waals surface area contributed by atoms with E-state index in [-0.39, 0.29) is 17.8 Å².